The van der Waals surface area contributed by atoms with Crippen LogP contribution in [0.5, 0.6) is 0 Å². The van der Waals surface area contributed by atoms with Gasteiger partial charge in [0.25, 0.3) is 0 Å². The minimum Gasteiger partial charge on any atom is -0.449 e. The number of thiocarbonyl (C=S) groups is 1. The Morgan fingerprint density at radius 3 is 2.76 bits per heavy atom. The van der Waals surface area contributed by atoms with Crippen molar-refractivity contribution < 1.29 is 13.9 Å². The van der Waals surface area contributed by atoms with E-state index in [1.807, 2.05) is 0 Å². The fourth-order valence-corrected chi connectivity index (χ4v) is 1.15. The van der Waals surface area contributed by atoms with Gasteiger partial charge in [0.2, 0.25) is 0 Å². The highest BCUT2D eigenvalue weighted by Gasteiger charge is 2.04. The second kappa shape index (κ2) is 6.64. The molecule has 0 aliphatic carbocycles. The van der Waals surface area contributed by atoms with Crippen molar-refractivity contribution in [3.8, 4) is 0 Å². The molecule has 0 saturated heterocycles. The summed E-state index contributed by atoms with van der Waals surface area (Å²) in [6.45, 7) is 1.93. The molecular formula is C10H12FN3O2S. The van der Waals surface area contributed by atoms with Crippen molar-refractivity contribution >= 4 is 29.1 Å². The Hall–Kier alpha value is -1.89. The van der Waals surface area contributed by atoms with Crippen LogP contribution in [0.2, 0.25) is 0 Å². The molecule has 3 N–H and O–H groups in total. The lowest BCUT2D eigenvalue weighted by atomic mass is 10.3. The molecule has 92 valence electrons. The minimum atomic E-state index is -0.662. The van der Waals surface area contributed by atoms with E-state index in [9.17, 15) is 9.18 Å². The summed E-state index contributed by atoms with van der Waals surface area (Å²) in [7, 11) is 0. The van der Waals surface area contributed by atoms with Crippen molar-refractivity contribution in [2.24, 2.45) is 0 Å². The van der Waals surface area contributed by atoms with Crippen LogP contribution >= 0.6 is 12.2 Å². The molecule has 1 aromatic carbocycles. The molecule has 17 heavy (non-hydrogen) atoms. The van der Waals surface area contributed by atoms with E-state index in [0.29, 0.717) is 0 Å². The molecule has 0 atom stereocenters. The van der Waals surface area contributed by atoms with Crippen LogP contribution in [0.25, 0.3) is 0 Å². The van der Waals surface area contributed by atoms with Gasteiger partial charge in [-0.1, -0.05) is 12.1 Å². The molecule has 5 nitrogen and oxygen atoms in total. The molecule has 0 heterocycles. The van der Waals surface area contributed by atoms with E-state index in [1.54, 1.807) is 19.1 Å². The molecule has 0 radical (unpaired) electrons. The Balaban J connectivity index is 2.40. The van der Waals surface area contributed by atoms with Crippen LogP contribution in [-0.2, 0) is 4.74 Å². The largest absolute Gasteiger partial charge is 0.449 e. The molecule has 0 aliphatic heterocycles. The van der Waals surface area contributed by atoms with E-state index < -0.39 is 11.9 Å². The first kappa shape index (κ1) is 13.2. The summed E-state index contributed by atoms with van der Waals surface area (Å²) in [6.07, 6.45) is -0.662. The van der Waals surface area contributed by atoms with Crippen molar-refractivity contribution in [3.63, 3.8) is 0 Å². The number of ether oxygens (including phenoxy) is 1. The standard InChI is InChI=1S/C10H12FN3O2S/c1-2-16-10(15)14-13-9(17)12-8-6-4-3-5-7(8)11/h3-6H,2H2,1H3,(H,14,15)(H2,12,13,17). The number of amides is 1. The van der Waals surface area contributed by atoms with Crippen LogP contribution in [0.3, 0.4) is 0 Å². The van der Waals surface area contributed by atoms with Crippen molar-refractivity contribution in [1.82, 2.24) is 10.9 Å². The van der Waals surface area contributed by atoms with Crippen molar-refractivity contribution in [2.45, 2.75) is 6.92 Å². The van der Waals surface area contributed by atoms with Gasteiger partial charge in [0, 0.05) is 0 Å². The molecule has 0 saturated carbocycles. The first-order valence-electron chi connectivity index (χ1n) is 4.87. The van der Waals surface area contributed by atoms with E-state index in [1.165, 1.54) is 12.1 Å². The van der Waals surface area contributed by atoms with Crippen molar-refractivity contribution in [1.29, 1.82) is 0 Å². The van der Waals surface area contributed by atoms with Gasteiger partial charge in [-0.25, -0.2) is 14.6 Å². The third-order valence-electron chi connectivity index (χ3n) is 1.68. The van der Waals surface area contributed by atoms with Gasteiger partial charge in [-0.05, 0) is 31.3 Å². The third-order valence-corrected chi connectivity index (χ3v) is 1.88. The number of carbonyl (C=O) groups excluding carboxylic acids is 1. The molecule has 1 amide bonds. The number of nitrogens with one attached hydrogen (secondary N) is 3. The van der Waals surface area contributed by atoms with Gasteiger partial charge in [0.15, 0.2) is 5.11 Å². The maximum atomic E-state index is 13.2. The number of carbonyl (C=O) groups is 1. The number of hydrogen-bond donors (Lipinski definition) is 3. The highest BCUT2D eigenvalue weighted by molar-refractivity contribution is 7.80. The van der Waals surface area contributed by atoms with Crippen LogP contribution in [-0.4, -0.2) is 17.8 Å². The Morgan fingerprint density at radius 2 is 2.12 bits per heavy atom. The second-order valence-electron chi connectivity index (χ2n) is 2.90. The Morgan fingerprint density at radius 1 is 1.41 bits per heavy atom. The number of hydrogen-bond acceptors (Lipinski definition) is 3. The van der Waals surface area contributed by atoms with Crippen molar-refractivity contribution in [2.75, 3.05) is 11.9 Å². The maximum absolute atomic E-state index is 13.2. The molecule has 0 spiro atoms. The van der Waals surface area contributed by atoms with Gasteiger partial charge in [0.05, 0.1) is 12.3 Å². The minimum absolute atomic E-state index is 0.0585. The molecule has 1 rings (SSSR count). The number of para-hydroxylation sites is 1. The zero-order valence-corrected chi connectivity index (χ0v) is 9.94. The van der Waals surface area contributed by atoms with Crippen LogP contribution in [0.1, 0.15) is 6.92 Å². The molecule has 0 aromatic heterocycles. The van der Waals surface area contributed by atoms with E-state index in [-0.39, 0.29) is 17.4 Å². The van der Waals surface area contributed by atoms with E-state index in [0.717, 1.165) is 0 Å². The monoisotopic (exact) mass is 257 g/mol. The lowest BCUT2D eigenvalue weighted by Gasteiger charge is -2.11. The SMILES string of the molecule is CCOC(=O)NNC(=S)Nc1ccccc1F. The van der Waals surface area contributed by atoms with Gasteiger partial charge in [-0.15, -0.1) is 0 Å². The van der Waals surface area contributed by atoms with Gasteiger partial charge >= 0.3 is 6.09 Å². The normalized spacial score (nSPS) is 9.29. The van der Waals surface area contributed by atoms with E-state index in [2.05, 4.69) is 20.9 Å². The average Bonchev–Trinajstić information content (AvgIpc) is 2.30. The average molecular weight is 257 g/mol. The molecule has 0 aliphatic rings. The highest BCUT2D eigenvalue weighted by Crippen LogP contribution is 2.11. The molecule has 0 unspecified atom stereocenters. The molecule has 1 aromatic rings. The Kier molecular flexibility index (Phi) is 5.15. The zero-order chi connectivity index (χ0) is 12.7. The van der Waals surface area contributed by atoms with Crippen LogP contribution in [0, 0.1) is 5.82 Å². The molecule has 0 fully saturated rings. The van der Waals surface area contributed by atoms with Gasteiger partial charge in [-0.3, -0.25) is 5.43 Å². The smallest absolute Gasteiger partial charge is 0.425 e. The fourth-order valence-electron chi connectivity index (χ4n) is 0.991. The third kappa shape index (κ3) is 4.64. The van der Waals surface area contributed by atoms with Gasteiger partial charge in [0.1, 0.15) is 5.82 Å². The zero-order valence-electron chi connectivity index (χ0n) is 9.12. The maximum Gasteiger partial charge on any atom is 0.425 e. The summed E-state index contributed by atoms with van der Waals surface area (Å²) in [5.74, 6) is -0.437. The topological polar surface area (TPSA) is 62.4 Å². The lowest BCUT2D eigenvalue weighted by molar-refractivity contribution is 0.150. The summed E-state index contributed by atoms with van der Waals surface area (Å²) in [5.41, 5.74) is 4.78. The van der Waals surface area contributed by atoms with Crippen LogP contribution < -0.4 is 16.2 Å². The predicted molar refractivity (Wildman–Crippen MR) is 65.9 cm³/mol. The van der Waals surface area contributed by atoms with E-state index >= 15 is 0 Å². The van der Waals surface area contributed by atoms with Crippen molar-refractivity contribution in [3.05, 3.63) is 30.1 Å². The summed E-state index contributed by atoms with van der Waals surface area (Å²) in [4.78, 5) is 10.9. The number of hydrazine groups is 1. The summed E-state index contributed by atoms with van der Waals surface area (Å²) in [5, 5.41) is 2.64. The number of rotatable bonds is 2. The molecule has 0 bridgehead atoms. The molecule has 7 heteroatoms. The highest BCUT2D eigenvalue weighted by atomic mass is 32.1. The van der Waals surface area contributed by atoms with Gasteiger partial charge < -0.3 is 10.1 Å². The fraction of sp³-hybridized carbons (Fsp3) is 0.200. The predicted octanol–water partition coefficient (Wildman–Crippen LogP) is 1.77. The van der Waals surface area contributed by atoms with E-state index in [4.69, 9.17) is 12.2 Å². The number of halogens is 1. The quantitative estimate of drug-likeness (QED) is 0.557. The lowest BCUT2D eigenvalue weighted by Crippen LogP contribution is -2.44. The Bertz CT molecular complexity index is 414. The van der Waals surface area contributed by atoms with Crippen LogP contribution in [0.15, 0.2) is 24.3 Å². The summed E-state index contributed by atoms with van der Waals surface area (Å²) < 4.78 is 17.8. The van der Waals surface area contributed by atoms with Crippen LogP contribution in [0.4, 0.5) is 14.9 Å². The summed E-state index contributed by atoms with van der Waals surface area (Å²) in [6, 6.07) is 6.04. The first-order chi connectivity index (χ1) is 8.13. The second-order valence-corrected chi connectivity index (χ2v) is 3.31. The summed E-state index contributed by atoms with van der Waals surface area (Å²) >= 11 is 4.84. The number of anilines is 1. The molecular weight excluding hydrogens is 245 g/mol. The number of benzene rings is 1. The Labute approximate surface area is 103 Å². The first-order valence-corrected chi connectivity index (χ1v) is 5.28. The van der Waals surface area contributed by atoms with Gasteiger partial charge in [-0.2, -0.15) is 0 Å².